The second-order valence-electron chi connectivity index (χ2n) is 9.69. The van der Waals surface area contributed by atoms with E-state index in [1.54, 1.807) is 7.11 Å². The fourth-order valence-electron chi connectivity index (χ4n) is 4.53. The minimum atomic E-state index is -0.251. The van der Waals surface area contributed by atoms with Crippen molar-refractivity contribution in [3.8, 4) is 5.75 Å². The maximum Gasteiger partial charge on any atom is 0.252 e. The highest BCUT2D eigenvalue weighted by molar-refractivity contribution is 5.80. The van der Waals surface area contributed by atoms with Gasteiger partial charge in [0, 0.05) is 36.2 Å². The fraction of sp³-hybridized carbons (Fsp3) is 0.583. The van der Waals surface area contributed by atoms with Gasteiger partial charge >= 0.3 is 0 Å². The molecule has 2 atom stereocenters. The topological polar surface area (TPSA) is 98.2 Å². The van der Waals surface area contributed by atoms with Crippen LogP contribution in [-0.2, 0) is 16.8 Å². The molecule has 0 spiro atoms. The van der Waals surface area contributed by atoms with Gasteiger partial charge in [0.2, 0.25) is 0 Å². The first-order valence-electron chi connectivity index (χ1n) is 11.6. The average molecular weight is 455 g/mol. The Morgan fingerprint density at radius 1 is 1.33 bits per heavy atom. The Hall–Kier alpha value is -2.78. The van der Waals surface area contributed by atoms with Gasteiger partial charge in [-0.1, -0.05) is 6.92 Å². The van der Waals surface area contributed by atoms with Crippen LogP contribution < -0.4 is 10.3 Å². The van der Waals surface area contributed by atoms with Gasteiger partial charge in [0.05, 0.1) is 24.8 Å². The van der Waals surface area contributed by atoms with Gasteiger partial charge in [-0.3, -0.25) is 9.69 Å². The summed E-state index contributed by atoms with van der Waals surface area (Å²) in [4.78, 5) is 18.3. The number of hydrogen-bond donors (Lipinski definition) is 1. The van der Waals surface area contributed by atoms with E-state index in [9.17, 15) is 4.79 Å². The number of pyridine rings is 1. The van der Waals surface area contributed by atoms with Crippen molar-refractivity contribution in [2.75, 3.05) is 20.3 Å². The molecule has 9 nitrogen and oxygen atoms in total. The number of nitrogens with one attached hydrogen (secondary N) is 1. The van der Waals surface area contributed by atoms with Crippen LogP contribution in [0.4, 0.5) is 0 Å². The molecule has 0 saturated carbocycles. The molecule has 178 valence electrons. The van der Waals surface area contributed by atoms with Crippen molar-refractivity contribution in [2.45, 2.75) is 71.2 Å². The quantitative estimate of drug-likeness (QED) is 0.557. The van der Waals surface area contributed by atoms with Gasteiger partial charge in [-0.2, -0.15) is 0 Å². The van der Waals surface area contributed by atoms with E-state index in [0.717, 1.165) is 48.3 Å². The van der Waals surface area contributed by atoms with Gasteiger partial charge in [0.1, 0.15) is 5.75 Å². The third-order valence-electron chi connectivity index (χ3n) is 6.22. The van der Waals surface area contributed by atoms with Crippen molar-refractivity contribution in [2.24, 2.45) is 0 Å². The molecule has 0 radical (unpaired) electrons. The molecule has 3 heterocycles. The van der Waals surface area contributed by atoms with Gasteiger partial charge in [-0.25, -0.2) is 4.68 Å². The molecule has 4 rings (SSSR count). The Morgan fingerprint density at radius 3 is 2.82 bits per heavy atom. The van der Waals surface area contributed by atoms with Gasteiger partial charge in [0.25, 0.3) is 5.56 Å². The number of aromatic nitrogens is 5. The molecule has 1 saturated heterocycles. The summed E-state index contributed by atoms with van der Waals surface area (Å²) in [7, 11) is 1.64. The number of nitrogens with zero attached hydrogens (tertiary/aromatic N) is 5. The minimum Gasteiger partial charge on any atom is -0.497 e. The Morgan fingerprint density at radius 2 is 2.15 bits per heavy atom. The normalized spacial score (nSPS) is 17.7. The highest BCUT2D eigenvalue weighted by atomic mass is 16.5. The number of methoxy groups -OCH3 is 1. The number of ether oxygens (including phenoxy) is 2. The van der Waals surface area contributed by atoms with Gasteiger partial charge in [0.15, 0.2) is 5.82 Å². The van der Waals surface area contributed by atoms with Crippen LogP contribution in [-0.4, -0.2) is 56.5 Å². The third-order valence-corrected chi connectivity index (χ3v) is 6.22. The summed E-state index contributed by atoms with van der Waals surface area (Å²) in [6.07, 6.45) is 3.02. The van der Waals surface area contributed by atoms with Crippen LogP contribution in [0.1, 0.15) is 64.4 Å². The van der Waals surface area contributed by atoms with Crippen molar-refractivity contribution in [1.29, 1.82) is 0 Å². The molecule has 0 aliphatic carbocycles. The SMILES string of the molecule is CC[C@@H](c1nnnn1C(C)(C)C)N(Cc1cc2cc(OC)ccc2[nH]c1=O)C[C@@H]1CCCO1. The van der Waals surface area contributed by atoms with Crippen molar-refractivity contribution in [1.82, 2.24) is 30.1 Å². The van der Waals surface area contributed by atoms with E-state index >= 15 is 0 Å². The molecule has 1 fully saturated rings. The molecule has 0 unspecified atom stereocenters. The molecule has 33 heavy (non-hydrogen) atoms. The molecule has 2 aromatic heterocycles. The van der Waals surface area contributed by atoms with E-state index < -0.39 is 0 Å². The second-order valence-corrected chi connectivity index (χ2v) is 9.69. The number of H-pyrrole nitrogens is 1. The predicted molar refractivity (Wildman–Crippen MR) is 126 cm³/mol. The number of hydrogen-bond acceptors (Lipinski definition) is 7. The lowest BCUT2D eigenvalue weighted by Crippen LogP contribution is -2.39. The third kappa shape index (κ3) is 5.09. The first kappa shape index (κ1) is 23.4. The standard InChI is InChI=1S/C24H34N6O3/c1-6-21(22-26-27-28-30(22)24(2,3)4)29(15-19-8-7-11-33-19)14-17-12-16-13-18(32-5)9-10-20(16)25-23(17)31/h9-10,12-13,19,21H,6-8,11,14-15H2,1-5H3,(H,25,31)/t19-,21-/m0/s1. The molecule has 0 bridgehead atoms. The number of rotatable bonds is 8. The first-order chi connectivity index (χ1) is 15.8. The predicted octanol–water partition coefficient (Wildman–Crippen LogP) is 3.41. The number of aromatic amines is 1. The van der Waals surface area contributed by atoms with Crippen molar-refractivity contribution < 1.29 is 9.47 Å². The molecular weight excluding hydrogens is 420 g/mol. The molecule has 1 aliphatic heterocycles. The summed E-state index contributed by atoms with van der Waals surface area (Å²) < 4.78 is 13.2. The van der Waals surface area contributed by atoms with E-state index in [4.69, 9.17) is 9.47 Å². The van der Waals surface area contributed by atoms with Crippen molar-refractivity contribution >= 4 is 10.9 Å². The van der Waals surface area contributed by atoms with Gasteiger partial charge < -0.3 is 14.5 Å². The van der Waals surface area contributed by atoms with E-state index in [2.05, 4.69) is 53.1 Å². The lowest BCUT2D eigenvalue weighted by molar-refractivity contribution is 0.0478. The lowest BCUT2D eigenvalue weighted by Gasteiger charge is -2.33. The van der Waals surface area contributed by atoms with Crippen LogP contribution in [0, 0.1) is 0 Å². The fourth-order valence-corrected chi connectivity index (χ4v) is 4.53. The zero-order valence-electron chi connectivity index (χ0n) is 20.2. The molecule has 1 aliphatic rings. The Balaban J connectivity index is 1.72. The highest BCUT2D eigenvalue weighted by Gasteiger charge is 2.31. The van der Waals surface area contributed by atoms with Crippen LogP contribution in [0.5, 0.6) is 5.75 Å². The first-order valence-corrected chi connectivity index (χ1v) is 11.6. The molecule has 3 aromatic rings. The summed E-state index contributed by atoms with van der Waals surface area (Å²) in [5.41, 5.74) is 1.15. The van der Waals surface area contributed by atoms with Crippen LogP contribution in [0.15, 0.2) is 29.1 Å². The smallest absolute Gasteiger partial charge is 0.252 e. The number of fused-ring (bicyclic) bond motifs is 1. The molecule has 9 heteroatoms. The summed E-state index contributed by atoms with van der Waals surface area (Å²) in [5, 5.41) is 13.6. The van der Waals surface area contributed by atoms with Crippen LogP contribution in [0.2, 0.25) is 0 Å². The van der Waals surface area contributed by atoms with Gasteiger partial charge in [-0.05, 0) is 74.7 Å². The zero-order valence-corrected chi connectivity index (χ0v) is 20.2. The van der Waals surface area contributed by atoms with Crippen LogP contribution in [0.25, 0.3) is 10.9 Å². The summed E-state index contributed by atoms with van der Waals surface area (Å²) in [6.45, 7) is 10.4. The molecule has 0 amide bonds. The Kier molecular flexibility index (Phi) is 6.81. The van der Waals surface area contributed by atoms with Crippen molar-refractivity contribution in [3.63, 3.8) is 0 Å². The monoisotopic (exact) mass is 454 g/mol. The molecule has 1 aromatic carbocycles. The number of tetrazole rings is 1. The zero-order chi connectivity index (χ0) is 23.6. The molecular formula is C24H34N6O3. The Labute approximate surface area is 194 Å². The van der Waals surface area contributed by atoms with E-state index in [1.165, 1.54) is 0 Å². The average Bonchev–Trinajstić information content (AvgIpc) is 3.46. The maximum atomic E-state index is 13.0. The van der Waals surface area contributed by atoms with Crippen LogP contribution >= 0.6 is 0 Å². The maximum absolute atomic E-state index is 13.0. The summed E-state index contributed by atoms with van der Waals surface area (Å²) in [6, 6.07) is 7.57. The van der Waals surface area contributed by atoms with E-state index in [0.29, 0.717) is 18.7 Å². The van der Waals surface area contributed by atoms with Crippen LogP contribution in [0.3, 0.4) is 0 Å². The summed E-state index contributed by atoms with van der Waals surface area (Å²) in [5.74, 6) is 1.56. The van der Waals surface area contributed by atoms with Gasteiger partial charge in [-0.15, -0.1) is 5.10 Å². The van der Waals surface area contributed by atoms with E-state index in [1.807, 2.05) is 28.9 Å². The van der Waals surface area contributed by atoms with Crippen molar-refractivity contribution in [3.05, 3.63) is 46.0 Å². The highest BCUT2D eigenvalue weighted by Crippen LogP contribution is 2.29. The minimum absolute atomic E-state index is 0.0520. The summed E-state index contributed by atoms with van der Waals surface area (Å²) >= 11 is 0. The second kappa shape index (κ2) is 9.61. The molecule has 1 N–H and O–H groups in total. The van der Waals surface area contributed by atoms with E-state index in [-0.39, 0.29) is 23.2 Å². The Bertz CT molecular complexity index is 1140. The largest absolute Gasteiger partial charge is 0.497 e. The lowest BCUT2D eigenvalue weighted by atomic mass is 10.1. The number of benzene rings is 1.